The topological polar surface area (TPSA) is 52.6 Å². The summed E-state index contributed by atoms with van der Waals surface area (Å²) in [5.74, 6) is 2.59. The van der Waals surface area contributed by atoms with E-state index in [4.69, 9.17) is 9.47 Å². The SMILES string of the molecule is Cc1ccc(C(=O)c2ccc(Oc3ccc(-c4ccc(Oc5ccc(C(=O)c6ccc(Cc7ccccc7)cc6)cc5)c(-c5ccccc5)c4)cc3-c3ccccc3)cc2)cc1. The molecule has 4 heteroatoms. The van der Waals surface area contributed by atoms with Gasteiger partial charge in [0.2, 0.25) is 0 Å². The molecule has 298 valence electrons. The fourth-order valence-electron chi connectivity index (χ4n) is 7.53. The van der Waals surface area contributed by atoms with Gasteiger partial charge in [-0.2, -0.15) is 0 Å². The number of rotatable bonds is 13. The summed E-state index contributed by atoms with van der Waals surface area (Å²) in [6.45, 7) is 2.01. The molecule has 0 amide bonds. The van der Waals surface area contributed by atoms with Gasteiger partial charge in [-0.1, -0.05) is 157 Å². The average molecular weight is 803 g/mol. The van der Waals surface area contributed by atoms with E-state index in [2.05, 4.69) is 60.7 Å². The van der Waals surface area contributed by atoms with Crippen molar-refractivity contribution < 1.29 is 19.1 Å². The molecule has 0 spiro atoms. The van der Waals surface area contributed by atoms with E-state index in [1.165, 1.54) is 5.56 Å². The largest absolute Gasteiger partial charge is 0.457 e. The third kappa shape index (κ3) is 9.06. The number of carbonyl (C=O) groups is 2. The fourth-order valence-corrected chi connectivity index (χ4v) is 7.53. The van der Waals surface area contributed by atoms with Crippen molar-refractivity contribution in [3.05, 3.63) is 263 Å². The molecular weight excluding hydrogens is 761 g/mol. The van der Waals surface area contributed by atoms with Gasteiger partial charge in [0.15, 0.2) is 11.6 Å². The summed E-state index contributed by atoms with van der Waals surface area (Å²) in [5.41, 5.74) is 11.9. The van der Waals surface area contributed by atoms with Crippen LogP contribution in [0.3, 0.4) is 0 Å². The lowest BCUT2D eigenvalue weighted by Crippen LogP contribution is -2.01. The average Bonchev–Trinajstić information content (AvgIpc) is 3.33. The van der Waals surface area contributed by atoms with Crippen LogP contribution in [0.2, 0.25) is 0 Å². The Morgan fingerprint density at radius 1 is 0.355 bits per heavy atom. The highest BCUT2D eigenvalue weighted by Crippen LogP contribution is 2.41. The molecule has 9 aromatic carbocycles. The van der Waals surface area contributed by atoms with E-state index >= 15 is 0 Å². The van der Waals surface area contributed by atoms with E-state index < -0.39 is 0 Å². The smallest absolute Gasteiger partial charge is 0.193 e. The van der Waals surface area contributed by atoms with E-state index in [0.29, 0.717) is 45.3 Å². The maximum absolute atomic E-state index is 13.5. The molecule has 0 aliphatic rings. The summed E-state index contributed by atoms with van der Waals surface area (Å²) in [4.78, 5) is 26.6. The van der Waals surface area contributed by atoms with Gasteiger partial charge < -0.3 is 9.47 Å². The van der Waals surface area contributed by atoms with Crippen LogP contribution in [-0.4, -0.2) is 11.6 Å². The molecule has 9 rings (SSSR count). The lowest BCUT2D eigenvalue weighted by atomic mass is 9.95. The zero-order valence-electron chi connectivity index (χ0n) is 34.2. The van der Waals surface area contributed by atoms with Crippen LogP contribution < -0.4 is 9.47 Å². The quantitative estimate of drug-likeness (QED) is 0.109. The van der Waals surface area contributed by atoms with Crippen molar-refractivity contribution in [3.63, 3.8) is 0 Å². The van der Waals surface area contributed by atoms with Crippen molar-refractivity contribution in [3.8, 4) is 56.4 Å². The van der Waals surface area contributed by atoms with Crippen molar-refractivity contribution in [2.45, 2.75) is 13.3 Å². The summed E-state index contributed by atoms with van der Waals surface area (Å²) >= 11 is 0. The van der Waals surface area contributed by atoms with Crippen LogP contribution in [0.1, 0.15) is 48.5 Å². The highest BCUT2D eigenvalue weighted by molar-refractivity contribution is 6.09. The van der Waals surface area contributed by atoms with Gasteiger partial charge in [-0.15, -0.1) is 0 Å². The minimum absolute atomic E-state index is 0.0287. The number of hydrogen-bond acceptors (Lipinski definition) is 4. The second kappa shape index (κ2) is 18.0. The minimum Gasteiger partial charge on any atom is -0.457 e. The van der Waals surface area contributed by atoms with Crippen LogP contribution >= 0.6 is 0 Å². The second-order valence-corrected chi connectivity index (χ2v) is 15.3. The van der Waals surface area contributed by atoms with Gasteiger partial charge in [0.1, 0.15) is 23.0 Å². The Labute approximate surface area is 362 Å². The molecule has 0 N–H and O–H groups in total. The van der Waals surface area contributed by atoms with Crippen LogP contribution in [0.15, 0.2) is 224 Å². The first-order valence-corrected chi connectivity index (χ1v) is 20.7. The number of hydrogen-bond donors (Lipinski definition) is 0. The van der Waals surface area contributed by atoms with E-state index in [1.54, 1.807) is 0 Å². The maximum Gasteiger partial charge on any atom is 0.193 e. The first-order valence-electron chi connectivity index (χ1n) is 20.7. The van der Waals surface area contributed by atoms with Crippen LogP contribution in [-0.2, 0) is 6.42 Å². The maximum atomic E-state index is 13.5. The van der Waals surface area contributed by atoms with Crippen LogP contribution in [0.25, 0.3) is 33.4 Å². The molecular formula is C58H42O4. The molecule has 0 saturated carbocycles. The Kier molecular flexibility index (Phi) is 11.5. The Bertz CT molecular complexity index is 2960. The van der Waals surface area contributed by atoms with Crippen molar-refractivity contribution in [2.24, 2.45) is 0 Å². The fraction of sp³-hybridized carbons (Fsp3) is 0.0345. The number of ether oxygens (including phenoxy) is 2. The Morgan fingerprint density at radius 2 is 0.710 bits per heavy atom. The summed E-state index contributed by atoms with van der Waals surface area (Å²) in [5, 5.41) is 0. The van der Waals surface area contributed by atoms with Gasteiger partial charge in [0.25, 0.3) is 0 Å². The molecule has 4 nitrogen and oxygen atoms in total. The summed E-state index contributed by atoms with van der Waals surface area (Å²) in [7, 11) is 0. The molecule has 0 saturated heterocycles. The molecule has 0 heterocycles. The van der Waals surface area contributed by atoms with E-state index in [-0.39, 0.29) is 11.6 Å². The molecule has 0 bridgehead atoms. The number of benzene rings is 9. The second-order valence-electron chi connectivity index (χ2n) is 15.3. The molecule has 0 aliphatic heterocycles. The monoisotopic (exact) mass is 802 g/mol. The molecule has 62 heavy (non-hydrogen) atoms. The molecule has 0 aromatic heterocycles. The summed E-state index contributed by atoms with van der Waals surface area (Å²) in [6, 6.07) is 73.2. The van der Waals surface area contributed by atoms with E-state index in [9.17, 15) is 9.59 Å². The third-order valence-electron chi connectivity index (χ3n) is 10.9. The van der Waals surface area contributed by atoms with Gasteiger partial charge in [0.05, 0.1) is 0 Å². The highest BCUT2D eigenvalue weighted by atomic mass is 16.5. The molecule has 0 radical (unpaired) electrons. The van der Waals surface area contributed by atoms with Crippen molar-refractivity contribution in [1.82, 2.24) is 0 Å². The van der Waals surface area contributed by atoms with Crippen molar-refractivity contribution in [2.75, 3.05) is 0 Å². The molecule has 0 aliphatic carbocycles. The summed E-state index contributed by atoms with van der Waals surface area (Å²) in [6.07, 6.45) is 0.820. The Hall–Kier alpha value is -8.08. The molecule has 0 fully saturated rings. The number of aryl methyl sites for hydroxylation is 1. The van der Waals surface area contributed by atoms with Crippen molar-refractivity contribution in [1.29, 1.82) is 0 Å². The summed E-state index contributed by atoms with van der Waals surface area (Å²) < 4.78 is 13.1. The lowest BCUT2D eigenvalue weighted by Gasteiger charge is -2.16. The zero-order chi connectivity index (χ0) is 42.3. The molecule has 0 unspecified atom stereocenters. The predicted octanol–water partition coefficient (Wildman–Crippen LogP) is 14.6. The number of ketones is 2. The first-order chi connectivity index (χ1) is 30.4. The standard InChI is InChI=1S/C58H42O4/c1-40-17-21-45(22-18-40)57(59)47-25-31-51(32-26-47)61-55-35-29-49(38-53(55)43-13-7-3-8-14-43)50-30-36-56(54(39-50)44-15-9-4-10-16-44)62-52-33-27-48(28-34-52)58(60)46-23-19-42(20-24-46)37-41-11-5-2-6-12-41/h2-36,38-39H,37H2,1H3. The number of carbonyl (C=O) groups excluding carboxylic acids is 2. The van der Waals surface area contributed by atoms with E-state index in [1.807, 2.05) is 171 Å². The molecule has 9 aromatic rings. The van der Waals surface area contributed by atoms with Gasteiger partial charge in [0, 0.05) is 33.4 Å². The zero-order valence-corrected chi connectivity index (χ0v) is 34.2. The predicted molar refractivity (Wildman–Crippen MR) is 250 cm³/mol. The van der Waals surface area contributed by atoms with Gasteiger partial charge in [-0.3, -0.25) is 9.59 Å². The van der Waals surface area contributed by atoms with Crippen LogP contribution in [0, 0.1) is 6.92 Å². The highest BCUT2D eigenvalue weighted by Gasteiger charge is 2.16. The van der Waals surface area contributed by atoms with Gasteiger partial charge in [-0.25, -0.2) is 0 Å². The van der Waals surface area contributed by atoms with Gasteiger partial charge in [-0.05, 0) is 120 Å². The van der Waals surface area contributed by atoms with Crippen LogP contribution in [0.5, 0.6) is 23.0 Å². The minimum atomic E-state index is -0.0355. The first kappa shape index (κ1) is 39.4. The van der Waals surface area contributed by atoms with Crippen LogP contribution in [0.4, 0.5) is 0 Å². The van der Waals surface area contributed by atoms with E-state index in [0.717, 1.165) is 50.9 Å². The van der Waals surface area contributed by atoms with Crippen molar-refractivity contribution >= 4 is 11.6 Å². The Balaban J connectivity index is 0.960. The van der Waals surface area contributed by atoms with Gasteiger partial charge >= 0.3 is 0 Å². The Morgan fingerprint density at radius 3 is 1.13 bits per heavy atom. The normalized spacial score (nSPS) is 10.9. The third-order valence-corrected chi connectivity index (χ3v) is 10.9. The molecule has 0 atom stereocenters. The lowest BCUT2D eigenvalue weighted by molar-refractivity contribution is 0.103.